The van der Waals surface area contributed by atoms with Crippen molar-refractivity contribution >= 4 is 40.6 Å². The molecule has 0 bridgehead atoms. The van der Waals surface area contributed by atoms with Gasteiger partial charge in [0, 0.05) is 37.4 Å². The van der Waals surface area contributed by atoms with Gasteiger partial charge < -0.3 is 19.9 Å². The minimum absolute atomic E-state index is 0.0612. The summed E-state index contributed by atoms with van der Waals surface area (Å²) in [6.45, 7) is 7.49. The Hall–Kier alpha value is -3.09. The highest BCUT2D eigenvalue weighted by molar-refractivity contribution is 6.42. The molecule has 1 amide bonds. The third-order valence-electron chi connectivity index (χ3n) is 6.76. The number of carbonyl (C=O) groups excluding carboxylic acids is 1. The SMILES string of the molecule is CCN(CC)C1CCN(C(=O)c2cc(Cc3c[nH]c(=O)c4cc(Cl)c(Cl)n34)ccc2F)CC1.O=C(O)C(F)(F)F. The summed E-state index contributed by atoms with van der Waals surface area (Å²) in [5.74, 6) is -3.59. The molecule has 0 saturated carbocycles. The van der Waals surface area contributed by atoms with Crippen molar-refractivity contribution in [1.82, 2.24) is 19.2 Å². The number of hydrogen-bond acceptors (Lipinski definition) is 4. The summed E-state index contributed by atoms with van der Waals surface area (Å²) < 4.78 is 48.0. The molecule has 0 unspecified atom stereocenters. The van der Waals surface area contributed by atoms with Crippen LogP contribution < -0.4 is 5.56 Å². The van der Waals surface area contributed by atoms with Gasteiger partial charge in [0.05, 0.1) is 10.6 Å². The van der Waals surface area contributed by atoms with Gasteiger partial charge in [-0.3, -0.25) is 14.0 Å². The second kappa shape index (κ2) is 13.0. The van der Waals surface area contributed by atoms with Gasteiger partial charge in [-0.05, 0) is 49.7 Å². The van der Waals surface area contributed by atoms with Crippen LogP contribution in [-0.4, -0.2) is 74.6 Å². The van der Waals surface area contributed by atoms with E-state index in [1.807, 2.05) is 0 Å². The number of aromatic nitrogens is 2. The largest absolute Gasteiger partial charge is 0.490 e. The monoisotopic (exact) mass is 606 g/mol. The van der Waals surface area contributed by atoms with Crippen LogP contribution in [0.5, 0.6) is 0 Å². The standard InChI is InChI=1S/C24H27Cl2FN4O2.C2HF3O2/c1-3-29(4-2)16-7-9-30(10-8-16)24(33)18-12-15(5-6-20(18)27)11-17-14-28-23(32)21-13-19(25)22(26)31(17)21;3-2(4,5)1(6)7/h5-6,12-14,16H,3-4,7-11H2,1-2H3,(H,28,32);(H,6,7). The van der Waals surface area contributed by atoms with Gasteiger partial charge in [0.1, 0.15) is 16.5 Å². The van der Waals surface area contributed by atoms with Crippen molar-refractivity contribution in [3.63, 3.8) is 0 Å². The van der Waals surface area contributed by atoms with Crippen LogP contribution in [0.2, 0.25) is 10.2 Å². The molecule has 3 heterocycles. The Bertz CT molecular complexity index is 1430. The Balaban J connectivity index is 0.000000559. The van der Waals surface area contributed by atoms with Crippen LogP contribution in [0.15, 0.2) is 35.3 Å². The number of rotatable bonds is 6. The number of nitrogens with zero attached hydrogens (tertiary/aromatic N) is 3. The molecule has 2 aromatic heterocycles. The smallest absolute Gasteiger partial charge is 0.475 e. The predicted octanol–water partition coefficient (Wildman–Crippen LogP) is 5.24. The first-order chi connectivity index (χ1) is 18.8. The number of fused-ring (bicyclic) bond motifs is 1. The molecular formula is C26H28Cl2F4N4O4. The number of aliphatic carboxylic acids is 1. The number of H-pyrrole nitrogens is 1. The van der Waals surface area contributed by atoms with E-state index in [1.54, 1.807) is 27.6 Å². The lowest BCUT2D eigenvalue weighted by molar-refractivity contribution is -0.192. The van der Waals surface area contributed by atoms with Crippen molar-refractivity contribution in [1.29, 1.82) is 0 Å². The molecule has 0 radical (unpaired) electrons. The number of alkyl halides is 3. The first kappa shape index (κ1) is 31.4. The van der Waals surface area contributed by atoms with E-state index in [4.69, 9.17) is 33.1 Å². The van der Waals surface area contributed by atoms with E-state index < -0.39 is 18.0 Å². The predicted molar refractivity (Wildman–Crippen MR) is 143 cm³/mol. The van der Waals surface area contributed by atoms with Gasteiger partial charge in [0.2, 0.25) is 0 Å². The molecule has 3 aromatic rings. The lowest BCUT2D eigenvalue weighted by atomic mass is 10.0. The van der Waals surface area contributed by atoms with Crippen molar-refractivity contribution in [3.05, 3.63) is 73.6 Å². The molecule has 1 aromatic carbocycles. The number of carboxylic acids is 1. The molecule has 1 fully saturated rings. The molecular weight excluding hydrogens is 579 g/mol. The van der Waals surface area contributed by atoms with Crippen molar-refractivity contribution in [3.8, 4) is 0 Å². The maximum Gasteiger partial charge on any atom is 0.490 e. The number of benzene rings is 1. The van der Waals surface area contributed by atoms with Crippen LogP contribution in [0.1, 0.15) is 48.3 Å². The van der Waals surface area contributed by atoms with Gasteiger partial charge in [0.25, 0.3) is 11.5 Å². The fourth-order valence-corrected chi connectivity index (χ4v) is 5.16. The molecule has 0 atom stereocenters. The van der Waals surface area contributed by atoms with Gasteiger partial charge in [-0.2, -0.15) is 13.2 Å². The highest BCUT2D eigenvalue weighted by Gasteiger charge is 2.38. The second-order valence-electron chi connectivity index (χ2n) is 9.15. The fourth-order valence-electron chi connectivity index (χ4n) is 4.72. The van der Waals surface area contributed by atoms with Gasteiger partial charge in [-0.25, -0.2) is 9.18 Å². The Kier molecular flexibility index (Phi) is 10.3. The molecule has 14 heteroatoms. The van der Waals surface area contributed by atoms with Gasteiger partial charge in [-0.1, -0.05) is 43.1 Å². The summed E-state index contributed by atoms with van der Waals surface area (Å²) in [5, 5.41) is 7.64. The first-order valence-electron chi connectivity index (χ1n) is 12.5. The molecule has 2 N–H and O–H groups in total. The molecule has 0 aliphatic carbocycles. The zero-order valence-corrected chi connectivity index (χ0v) is 23.2. The van der Waals surface area contributed by atoms with Crippen molar-refractivity contribution in [2.75, 3.05) is 26.2 Å². The maximum atomic E-state index is 14.7. The normalized spacial score (nSPS) is 14.4. The van der Waals surface area contributed by atoms with Crippen molar-refractivity contribution in [2.45, 2.75) is 45.3 Å². The molecule has 40 heavy (non-hydrogen) atoms. The number of hydrogen-bond donors (Lipinski definition) is 2. The van der Waals surface area contributed by atoms with E-state index in [1.165, 1.54) is 12.1 Å². The van der Waals surface area contributed by atoms with Crippen LogP contribution in [0.4, 0.5) is 17.6 Å². The van der Waals surface area contributed by atoms with Gasteiger partial charge in [-0.15, -0.1) is 0 Å². The molecule has 1 aliphatic heterocycles. The minimum Gasteiger partial charge on any atom is -0.475 e. The first-order valence-corrected chi connectivity index (χ1v) is 13.2. The third kappa shape index (κ3) is 7.15. The number of likely N-dealkylation sites (tertiary alicyclic amines) is 1. The number of carboxylic acid groups (broad SMARTS) is 1. The van der Waals surface area contributed by atoms with E-state index in [0.717, 1.165) is 31.5 Å². The number of carbonyl (C=O) groups is 2. The van der Waals surface area contributed by atoms with Gasteiger partial charge >= 0.3 is 12.1 Å². The highest BCUT2D eigenvalue weighted by atomic mass is 35.5. The number of amides is 1. The molecule has 0 spiro atoms. The Morgan fingerprint density at radius 1 is 1.12 bits per heavy atom. The highest BCUT2D eigenvalue weighted by Crippen LogP contribution is 2.27. The lowest BCUT2D eigenvalue weighted by Crippen LogP contribution is -2.46. The number of nitrogens with one attached hydrogen (secondary N) is 1. The number of piperidine rings is 1. The van der Waals surface area contributed by atoms with Crippen molar-refractivity contribution in [2.24, 2.45) is 0 Å². The third-order valence-corrected chi connectivity index (χ3v) is 7.51. The molecule has 8 nitrogen and oxygen atoms in total. The topological polar surface area (TPSA) is 98.1 Å². The van der Waals surface area contributed by atoms with Gasteiger partial charge in [0.15, 0.2) is 0 Å². The minimum atomic E-state index is -5.08. The fraction of sp³-hybridized carbons (Fsp3) is 0.423. The van der Waals surface area contributed by atoms with E-state index in [0.29, 0.717) is 36.8 Å². The molecule has 1 aliphatic rings. The summed E-state index contributed by atoms with van der Waals surface area (Å²) in [6.07, 6.45) is -1.42. The zero-order valence-electron chi connectivity index (χ0n) is 21.7. The van der Waals surface area contributed by atoms with Crippen LogP contribution in [0, 0.1) is 5.82 Å². The summed E-state index contributed by atoms with van der Waals surface area (Å²) in [7, 11) is 0. The van der Waals surface area contributed by atoms with E-state index >= 15 is 0 Å². The molecule has 218 valence electrons. The number of aromatic amines is 1. The quantitative estimate of drug-likeness (QED) is 0.374. The number of halogens is 6. The Labute approximate surface area is 237 Å². The van der Waals surface area contributed by atoms with E-state index in [9.17, 15) is 27.2 Å². The summed E-state index contributed by atoms with van der Waals surface area (Å²) in [4.78, 5) is 41.0. The lowest BCUT2D eigenvalue weighted by Gasteiger charge is -2.37. The summed E-state index contributed by atoms with van der Waals surface area (Å²) >= 11 is 12.4. The van der Waals surface area contributed by atoms with Crippen LogP contribution in [-0.2, 0) is 11.2 Å². The van der Waals surface area contributed by atoms with Crippen LogP contribution in [0.3, 0.4) is 0 Å². The average Bonchev–Trinajstić information content (AvgIpc) is 3.22. The molecule has 1 saturated heterocycles. The molecule has 4 rings (SSSR count). The zero-order chi connectivity index (χ0) is 29.8. The van der Waals surface area contributed by atoms with E-state index in [-0.39, 0.29) is 27.2 Å². The Morgan fingerprint density at radius 3 is 2.27 bits per heavy atom. The van der Waals surface area contributed by atoms with E-state index in [2.05, 4.69) is 23.7 Å². The van der Waals surface area contributed by atoms with Crippen LogP contribution >= 0.6 is 23.2 Å². The van der Waals surface area contributed by atoms with Crippen LogP contribution in [0.25, 0.3) is 5.52 Å². The van der Waals surface area contributed by atoms with Crippen molar-refractivity contribution < 1.29 is 32.3 Å². The maximum absolute atomic E-state index is 14.7. The average molecular weight is 607 g/mol. The Morgan fingerprint density at radius 2 is 1.73 bits per heavy atom. The summed E-state index contributed by atoms with van der Waals surface area (Å²) in [6, 6.07) is 6.51. The second-order valence-corrected chi connectivity index (χ2v) is 9.92. The summed E-state index contributed by atoms with van der Waals surface area (Å²) in [5.41, 5.74) is 1.48.